The molecule has 1 heterocycles. The van der Waals surface area contributed by atoms with E-state index in [9.17, 15) is 0 Å². The van der Waals surface area contributed by atoms with E-state index in [1.165, 1.54) is 16.7 Å². The van der Waals surface area contributed by atoms with Crippen LogP contribution in [-0.4, -0.2) is 6.54 Å². The van der Waals surface area contributed by atoms with Crippen LogP contribution in [0.4, 0.5) is 0 Å². The lowest BCUT2D eigenvalue weighted by atomic mass is 10.0. The Bertz CT molecular complexity index is 542. The van der Waals surface area contributed by atoms with Crippen LogP contribution in [0.3, 0.4) is 0 Å². The van der Waals surface area contributed by atoms with Crippen LogP contribution >= 0.6 is 0 Å². The molecule has 1 aromatic heterocycles. The maximum Gasteiger partial charge on any atom is 0.134 e. The van der Waals surface area contributed by atoms with Gasteiger partial charge in [-0.2, -0.15) is 0 Å². The zero-order valence-corrected chi connectivity index (χ0v) is 12.3. The second kappa shape index (κ2) is 6.07. The van der Waals surface area contributed by atoms with Crippen LogP contribution in [-0.2, 0) is 0 Å². The highest BCUT2D eigenvalue weighted by atomic mass is 16.3. The van der Waals surface area contributed by atoms with Crippen molar-refractivity contribution in [3.8, 4) is 11.3 Å². The monoisotopic (exact) mass is 257 g/mol. The maximum absolute atomic E-state index is 6.05. The molecule has 2 nitrogen and oxygen atoms in total. The third-order valence-corrected chi connectivity index (χ3v) is 3.70. The molecule has 1 atom stereocenters. The molecule has 0 spiro atoms. The molecule has 2 heteroatoms. The summed E-state index contributed by atoms with van der Waals surface area (Å²) in [7, 11) is 0. The molecule has 102 valence electrons. The van der Waals surface area contributed by atoms with Crippen molar-refractivity contribution < 1.29 is 4.42 Å². The van der Waals surface area contributed by atoms with Crippen LogP contribution < -0.4 is 5.32 Å². The van der Waals surface area contributed by atoms with E-state index in [-0.39, 0.29) is 0 Å². The fraction of sp³-hybridized carbons (Fsp3) is 0.412. The predicted octanol–water partition coefficient (Wildman–Crippen LogP) is 4.62. The smallest absolute Gasteiger partial charge is 0.134 e. The average molecular weight is 257 g/mol. The minimum absolute atomic E-state index is 0.309. The normalized spacial score (nSPS) is 12.6. The van der Waals surface area contributed by atoms with Crippen molar-refractivity contribution in [1.82, 2.24) is 5.32 Å². The number of furan rings is 1. The highest BCUT2D eigenvalue weighted by Gasteiger charge is 2.14. The van der Waals surface area contributed by atoms with Gasteiger partial charge in [-0.15, -0.1) is 0 Å². The standard InChI is InChI=1S/C17H23NO/c1-5-15(18-6-2)17-11-10-16(19-17)14-9-7-8-12(3)13(14)4/h7-11,15,18H,5-6H2,1-4H3. The summed E-state index contributed by atoms with van der Waals surface area (Å²) in [5.74, 6) is 1.99. The third-order valence-electron chi connectivity index (χ3n) is 3.70. The summed E-state index contributed by atoms with van der Waals surface area (Å²) >= 11 is 0. The van der Waals surface area contributed by atoms with E-state index in [4.69, 9.17) is 4.42 Å². The number of nitrogens with one attached hydrogen (secondary N) is 1. The van der Waals surface area contributed by atoms with Crippen molar-refractivity contribution in [2.75, 3.05) is 6.54 Å². The number of rotatable bonds is 5. The molecule has 0 fully saturated rings. The molecule has 0 aliphatic carbocycles. The van der Waals surface area contributed by atoms with Gasteiger partial charge in [0.1, 0.15) is 11.5 Å². The second-order valence-corrected chi connectivity index (χ2v) is 4.97. The van der Waals surface area contributed by atoms with Gasteiger partial charge in [-0.1, -0.05) is 32.0 Å². The van der Waals surface area contributed by atoms with E-state index in [1.807, 2.05) is 0 Å². The number of hydrogen-bond acceptors (Lipinski definition) is 2. The van der Waals surface area contributed by atoms with Crippen molar-refractivity contribution in [2.45, 2.75) is 40.2 Å². The van der Waals surface area contributed by atoms with Crippen LogP contribution in [0.25, 0.3) is 11.3 Å². The van der Waals surface area contributed by atoms with Crippen molar-refractivity contribution in [3.63, 3.8) is 0 Å². The van der Waals surface area contributed by atoms with Gasteiger partial charge in [0.2, 0.25) is 0 Å². The van der Waals surface area contributed by atoms with Gasteiger partial charge in [0, 0.05) is 5.56 Å². The number of hydrogen-bond donors (Lipinski definition) is 1. The molecular formula is C17H23NO. The molecule has 0 amide bonds. The van der Waals surface area contributed by atoms with E-state index in [2.05, 4.69) is 63.3 Å². The first-order chi connectivity index (χ1) is 9.17. The van der Waals surface area contributed by atoms with E-state index in [1.54, 1.807) is 0 Å². The summed E-state index contributed by atoms with van der Waals surface area (Å²) in [4.78, 5) is 0. The van der Waals surface area contributed by atoms with Crippen LogP contribution in [0.1, 0.15) is 43.2 Å². The molecule has 2 rings (SSSR count). The van der Waals surface area contributed by atoms with E-state index in [0.29, 0.717) is 6.04 Å². The SMILES string of the molecule is CCNC(CC)c1ccc(-c2cccc(C)c2C)o1. The van der Waals surface area contributed by atoms with Gasteiger partial charge in [-0.25, -0.2) is 0 Å². The summed E-state index contributed by atoms with van der Waals surface area (Å²) in [6.45, 7) is 9.54. The molecule has 19 heavy (non-hydrogen) atoms. The van der Waals surface area contributed by atoms with Crippen LogP contribution in [0.5, 0.6) is 0 Å². The van der Waals surface area contributed by atoms with Gasteiger partial charge >= 0.3 is 0 Å². The summed E-state index contributed by atoms with van der Waals surface area (Å²) < 4.78 is 6.05. The van der Waals surface area contributed by atoms with E-state index < -0.39 is 0 Å². The lowest BCUT2D eigenvalue weighted by Crippen LogP contribution is -2.19. The molecule has 0 radical (unpaired) electrons. The fourth-order valence-corrected chi connectivity index (χ4v) is 2.40. The maximum atomic E-state index is 6.05. The lowest BCUT2D eigenvalue weighted by molar-refractivity contribution is 0.417. The molecule has 1 N–H and O–H groups in total. The summed E-state index contributed by atoms with van der Waals surface area (Å²) in [6, 6.07) is 10.8. The predicted molar refractivity (Wildman–Crippen MR) is 80.3 cm³/mol. The van der Waals surface area contributed by atoms with Crippen molar-refractivity contribution in [3.05, 3.63) is 47.2 Å². The first-order valence-electron chi connectivity index (χ1n) is 7.07. The van der Waals surface area contributed by atoms with Crippen molar-refractivity contribution in [1.29, 1.82) is 0 Å². The molecule has 1 aromatic carbocycles. The van der Waals surface area contributed by atoms with Crippen LogP contribution in [0, 0.1) is 13.8 Å². The molecule has 0 aliphatic heterocycles. The zero-order chi connectivity index (χ0) is 13.8. The molecule has 0 bridgehead atoms. The quantitative estimate of drug-likeness (QED) is 0.845. The number of benzene rings is 1. The van der Waals surface area contributed by atoms with Crippen LogP contribution in [0.2, 0.25) is 0 Å². The van der Waals surface area contributed by atoms with Crippen LogP contribution in [0.15, 0.2) is 34.7 Å². The summed E-state index contributed by atoms with van der Waals surface area (Å²) in [5.41, 5.74) is 3.78. The third kappa shape index (κ3) is 2.90. The molecular weight excluding hydrogens is 234 g/mol. The molecule has 0 saturated heterocycles. The van der Waals surface area contributed by atoms with Gasteiger partial charge < -0.3 is 9.73 Å². The molecule has 1 unspecified atom stereocenters. The Balaban J connectivity index is 2.32. The fourth-order valence-electron chi connectivity index (χ4n) is 2.40. The van der Waals surface area contributed by atoms with E-state index in [0.717, 1.165) is 24.5 Å². The summed E-state index contributed by atoms with van der Waals surface area (Å²) in [6.07, 6.45) is 1.04. The van der Waals surface area contributed by atoms with Gasteiger partial charge in [-0.3, -0.25) is 0 Å². The summed E-state index contributed by atoms with van der Waals surface area (Å²) in [5, 5.41) is 3.45. The second-order valence-electron chi connectivity index (χ2n) is 4.97. The Morgan fingerprint density at radius 3 is 2.58 bits per heavy atom. The van der Waals surface area contributed by atoms with Gasteiger partial charge in [0.25, 0.3) is 0 Å². The minimum Gasteiger partial charge on any atom is -0.459 e. The zero-order valence-electron chi connectivity index (χ0n) is 12.3. The van der Waals surface area contributed by atoms with E-state index >= 15 is 0 Å². The minimum atomic E-state index is 0.309. The van der Waals surface area contributed by atoms with Crippen molar-refractivity contribution in [2.24, 2.45) is 0 Å². The molecule has 0 saturated carbocycles. The first-order valence-corrected chi connectivity index (χ1v) is 7.07. The Kier molecular flexibility index (Phi) is 4.43. The molecule has 2 aromatic rings. The highest BCUT2D eigenvalue weighted by molar-refractivity contribution is 5.63. The first kappa shape index (κ1) is 13.9. The average Bonchev–Trinajstić information content (AvgIpc) is 2.88. The highest BCUT2D eigenvalue weighted by Crippen LogP contribution is 2.29. The number of aryl methyl sites for hydroxylation is 1. The topological polar surface area (TPSA) is 25.2 Å². The van der Waals surface area contributed by atoms with Gasteiger partial charge in [0.15, 0.2) is 0 Å². The Morgan fingerprint density at radius 1 is 1.11 bits per heavy atom. The van der Waals surface area contributed by atoms with Crippen molar-refractivity contribution >= 4 is 0 Å². The van der Waals surface area contributed by atoms with Gasteiger partial charge in [-0.05, 0) is 50.1 Å². The molecule has 0 aliphatic rings. The Hall–Kier alpha value is -1.54. The Morgan fingerprint density at radius 2 is 1.89 bits per heavy atom. The largest absolute Gasteiger partial charge is 0.459 e. The Labute approximate surface area is 115 Å². The van der Waals surface area contributed by atoms with Gasteiger partial charge in [0.05, 0.1) is 6.04 Å². The lowest BCUT2D eigenvalue weighted by Gasteiger charge is -2.12.